The fourth-order valence-corrected chi connectivity index (χ4v) is 7.14. The van der Waals surface area contributed by atoms with E-state index in [-0.39, 0.29) is 67.7 Å². The van der Waals surface area contributed by atoms with Crippen LogP contribution in [0.4, 0.5) is 11.4 Å². The topological polar surface area (TPSA) is 162 Å². The Labute approximate surface area is 288 Å². The van der Waals surface area contributed by atoms with E-state index in [9.17, 15) is 30.6 Å². The minimum atomic E-state index is -0.305. The summed E-state index contributed by atoms with van der Waals surface area (Å²) in [6, 6.07) is 34.6. The molecule has 0 spiro atoms. The predicted molar refractivity (Wildman–Crippen MR) is 203 cm³/mol. The van der Waals surface area contributed by atoms with Gasteiger partial charge in [0.25, 0.3) is 0 Å². The van der Waals surface area contributed by atoms with Crippen molar-refractivity contribution >= 4 is 88.1 Å². The maximum atomic E-state index is 11.9. The molecule has 0 unspecified atom stereocenters. The molecule has 0 aliphatic rings. The first-order chi connectivity index (χ1) is 24.8. The van der Waals surface area contributed by atoms with Crippen LogP contribution in [0.2, 0.25) is 0 Å². The van der Waals surface area contributed by atoms with Crippen molar-refractivity contribution in [1.82, 2.24) is 4.98 Å². The second-order valence-electron chi connectivity index (χ2n) is 12.3. The molecule has 0 saturated carbocycles. The number of aliphatic hydroxyl groups is 2. The summed E-state index contributed by atoms with van der Waals surface area (Å²) in [6.07, 6.45) is 0. The van der Waals surface area contributed by atoms with Gasteiger partial charge in [-0.1, -0.05) is 84.9 Å². The van der Waals surface area contributed by atoms with Crippen LogP contribution in [0.15, 0.2) is 131 Å². The number of hydrogen-bond donors (Lipinski definition) is 7. The van der Waals surface area contributed by atoms with Gasteiger partial charge in [0.1, 0.15) is 23.0 Å². The molecule has 9 nitrogen and oxygen atoms in total. The molecule has 0 saturated heterocycles. The third-order valence-corrected chi connectivity index (χ3v) is 9.49. The van der Waals surface area contributed by atoms with Gasteiger partial charge >= 0.3 is 0 Å². The average molecular weight is 670 g/mol. The summed E-state index contributed by atoms with van der Waals surface area (Å²) >= 11 is 0. The van der Waals surface area contributed by atoms with Crippen LogP contribution in [-0.4, -0.2) is 47.4 Å². The number of benzene rings is 8. The Bertz CT molecular complexity index is 2770. The van der Waals surface area contributed by atoms with E-state index in [0.717, 1.165) is 0 Å². The predicted octanol–water partition coefficient (Wildman–Crippen LogP) is 10.0. The van der Waals surface area contributed by atoms with E-state index in [1.54, 1.807) is 109 Å². The van der Waals surface area contributed by atoms with E-state index in [2.05, 4.69) is 15.0 Å². The largest absolute Gasteiger partial charge is 0.507 e. The number of phenolic OH excluding ortho intramolecular Hbond substituents is 4. The van der Waals surface area contributed by atoms with Crippen LogP contribution in [-0.2, 0) is 0 Å². The minimum absolute atomic E-state index is 0.131. The first-order valence-electron chi connectivity index (χ1n) is 16.1. The highest BCUT2D eigenvalue weighted by Gasteiger charge is 2.25. The summed E-state index contributed by atoms with van der Waals surface area (Å²) in [5.41, 5.74) is 2.03. The van der Waals surface area contributed by atoms with Crippen LogP contribution in [0, 0.1) is 0 Å². The molecule has 0 amide bonds. The first-order valence-corrected chi connectivity index (χ1v) is 16.1. The molecular weight excluding hydrogens is 642 g/mol. The number of hydrogen-bond acceptors (Lipinski definition) is 6. The van der Waals surface area contributed by atoms with Crippen LogP contribution in [0.3, 0.4) is 0 Å². The van der Waals surface area contributed by atoms with Crippen LogP contribution in [0.25, 0.3) is 64.9 Å². The van der Waals surface area contributed by atoms with Crippen LogP contribution in [0.1, 0.15) is 11.1 Å². The molecule has 0 atom stereocenters. The van der Waals surface area contributed by atoms with E-state index in [1.165, 1.54) is 0 Å². The molecule has 0 radical (unpaired) electrons. The zero-order valence-electron chi connectivity index (χ0n) is 26.6. The maximum Gasteiger partial charge on any atom is 0.218 e. The van der Waals surface area contributed by atoms with E-state index in [4.69, 9.17) is 0 Å². The molecule has 246 valence electrons. The summed E-state index contributed by atoms with van der Waals surface area (Å²) in [4.78, 5) is 12.5. The van der Waals surface area contributed by atoms with Gasteiger partial charge in [-0.15, -0.1) is 0 Å². The van der Waals surface area contributed by atoms with Gasteiger partial charge in [0.15, 0.2) is 0 Å². The lowest BCUT2D eigenvalue weighted by Gasteiger charge is -2.13. The third kappa shape index (κ3) is 4.42. The minimum Gasteiger partial charge on any atom is -0.507 e. The summed E-state index contributed by atoms with van der Waals surface area (Å²) in [6.45, 7) is 0. The van der Waals surface area contributed by atoms with Crippen LogP contribution in [0.5, 0.6) is 23.0 Å². The molecular formula is C42H27N3O6. The lowest BCUT2D eigenvalue weighted by Crippen LogP contribution is -1.97. The average Bonchev–Trinajstić information content (AvgIpc) is 3.53. The summed E-state index contributed by atoms with van der Waals surface area (Å²) in [5, 5.41) is 73.1. The molecule has 0 aliphatic carbocycles. The van der Waals surface area contributed by atoms with E-state index < -0.39 is 0 Å². The number of aromatic hydroxyl groups is 4. The van der Waals surface area contributed by atoms with Crippen molar-refractivity contribution in [2.75, 3.05) is 0 Å². The quantitative estimate of drug-likeness (QED) is 0.0427. The van der Waals surface area contributed by atoms with Crippen LogP contribution >= 0.6 is 0 Å². The molecule has 8 aromatic carbocycles. The SMILES string of the molecule is OC(=Nc1cc2c3cc(N=C(O)c4ccccc4)c4c(O)c5ccccc5c(O)c4c3[nH]c2c2c(O)c3ccccc3c(O)c12)c1ccccc1. The van der Waals surface area contributed by atoms with Gasteiger partial charge in [-0.2, -0.15) is 0 Å². The number of aromatic nitrogens is 1. The fraction of sp³-hybridized carbons (Fsp3) is 0. The molecule has 51 heavy (non-hydrogen) atoms. The number of nitrogens with one attached hydrogen (secondary N) is 1. The van der Waals surface area contributed by atoms with Gasteiger partial charge in [-0.3, -0.25) is 0 Å². The van der Waals surface area contributed by atoms with Crippen molar-refractivity contribution in [3.8, 4) is 23.0 Å². The van der Waals surface area contributed by atoms with Gasteiger partial charge in [0.2, 0.25) is 11.8 Å². The summed E-state index contributed by atoms with van der Waals surface area (Å²) < 4.78 is 0. The Morgan fingerprint density at radius 2 is 0.706 bits per heavy atom. The standard InChI is InChI=1S/C42H27N3O6/c46-37-23-15-7-9-17-25(23)39(48)33-31(37)29(43-41(50)21-11-3-1-4-12-21)19-27-28-20-30(44-42(51)22-13-5-2-6-14-22)32-34(36(28)45-35(27)33)40(49)26-18-10-8-16-24(26)38(32)47/h1-20,45-49H,(H,43,50)(H,44,51). The van der Waals surface area contributed by atoms with Gasteiger partial charge in [0, 0.05) is 43.4 Å². The molecule has 9 heteroatoms. The van der Waals surface area contributed by atoms with E-state index in [1.807, 2.05) is 12.1 Å². The fourth-order valence-electron chi connectivity index (χ4n) is 7.14. The highest BCUT2D eigenvalue weighted by atomic mass is 16.3. The van der Waals surface area contributed by atoms with Crippen molar-refractivity contribution in [1.29, 1.82) is 0 Å². The Kier molecular flexibility index (Phi) is 6.52. The molecule has 7 N–H and O–H groups in total. The molecule has 1 heterocycles. The Hall–Kier alpha value is -7.26. The van der Waals surface area contributed by atoms with Crippen molar-refractivity contribution < 1.29 is 30.6 Å². The molecule has 9 rings (SSSR count). The molecule has 0 fully saturated rings. The number of rotatable bonds is 4. The molecule has 0 aliphatic heterocycles. The monoisotopic (exact) mass is 669 g/mol. The molecule has 0 bridgehead atoms. The second kappa shape index (κ2) is 11.1. The number of H-pyrrole nitrogens is 1. The highest BCUT2D eigenvalue weighted by Crippen LogP contribution is 2.53. The normalized spacial score (nSPS) is 12.6. The zero-order chi connectivity index (χ0) is 35.0. The lowest BCUT2D eigenvalue weighted by molar-refractivity contribution is 0.478. The number of aliphatic imine (C=N–C) groups is 2. The number of fused-ring (bicyclic) bond motifs is 9. The van der Waals surface area contributed by atoms with Gasteiger partial charge in [-0.05, 0) is 36.4 Å². The maximum absolute atomic E-state index is 11.9. The number of nitrogens with zero attached hydrogens (tertiary/aromatic N) is 2. The smallest absolute Gasteiger partial charge is 0.218 e. The van der Waals surface area contributed by atoms with Gasteiger partial charge in [-0.25, -0.2) is 9.98 Å². The number of aliphatic hydroxyl groups excluding tert-OH is 2. The van der Waals surface area contributed by atoms with E-state index in [0.29, 0.717) is 54.5 Å². The zero-order valence-corrected chi connectivity index (χ0v) is 26.6. The summed E-state index contributed by atoms with van der Waals surface area (Å²) in [7, 11) is 0. The van der Waals surface area contributed by atoms with Crippen LogP contribution < -0.4 is 0 Å². The first kappa shape index (κ1) is 29.8. The van der Waals surface area contributed by atoms with Gasteiger partial charge in [0.05, 0.1) is 44.0 Å². The molecule has 1 aromatic heterocycles. The lowest BCUT2D eigenvalue weighted by atomic mass is 9.95. The van der Waals surface area contributed by atoms with Crippen molar-refractivity contribution in [3.63, 3.8) is 0 Å². The number of phenols is 4. The Morgan fingerprint density at radius 1 is 0.392 bits per heavy atom. The Balaban J connectivity index is 1.49. The van der Waals surface area contributed by atoms with Crippen molar-refractivity contribution in [2.45, 2.75) is 0 Å². The highest BCUT2D eigenvalue weighted by molar-refractivity contribution is 6.32. The summed E-state index contributed by atoms with van der Waals surface area (Å²) in [5.74, 6) is -1.16. The molecule has 9 aromatic rings. The second-order valence-corrected chi connectivity index (χ2v) is 12.3. The third-order valence-electron chi connectivity index (χ3n) is 9.49. The Morgan fingerprint density at radius 3 is 1.06 bits per heavy atom. The van der Waals surface area contributed by atoms with E-state index >= 15 is 0 Å². The van der Waals surface area contributed by atoms with Crippen molar-refractivity contribution in [2.24, 2.45) is 9.98 Å². The number of aromatic amines is 1. The van der Waals surface area contributed by atoms with Gasteiger partial charge < -0.3 is 35.6 Å². The van der Waals surface area contributed by atoms with Crippen molar-refractivity contribution in [3.05, 3.63) is 132 Å².